The first-order valence-corrected chi connectivity index (χ1v) is 10.1. The normalized spacial score (nSPS) is 30.9. The smallest absolute Gasteiger partial charge is 0.0662 e. The average Bonchev–Trinajstić information content (AvgIpc) is 3.33. The number of fused-ring (bicyclic) bond motifs is 1. The molecule has 2 aliphatic heterocycles. The predicted molar refractivity (Wildman–Crippen MR) is 107 cm³/mol. The van der Waals surface area contributed by atoms with Crippen molar-refractivity contribution in [1.82, 2.24) is 20.0 Å². The highest BCUT2D eigenvalue weighted by atomic mass is 16.3. The van der Waals surface area contributed by atoms with Crippen LogP contribution in [0.4, 0.5) is 0 Å². The van der Waals surface area contributed by atoms with Crippen molar-refractivity contribution in [2.75, 3.05) is 26.7 Å². The van der Waals surface area contributed by atoms with E-state index in [1.54, 1.807) is 0 Å². The molecule has 0 bridgehead atoms. The minimum absolute atomic E-state index is 0.187. The second-order valence-corrected chi connectivity index (χ2v) is 8.93. The van der Waals surface area contributed by atoms with Gasteiger partial charge < -0.3 is 15.3 Å². The molecular weight excluding hydrogens is 336 g/mol. The van der Waals surface area contributed by atoms with Crippen molar-refractivity contribution in [2.24, 2.45) is 17.8 Å². The molecule has 0 amide bonds. The van der Waals surface area contributed by atoms with Crippen LogP contribution in [-0.2, 0) is 6.54 Å². The molecule has 0 aliphatic carbocycles. The second kappa shape index (κ2) is 7.38. The zero-order chi connectivity index (χ0) is 19.0. The lowest BCUT2D eigenvalue weighted by Crippen LogP contribution is -2.51. The monoisotopic (exact) mass is 368 g/mol. The van der Waals surface area contributed by atoms with Gasteiger partial charge in [-0.3, -0.25) is 4.68 Å². The summed E-state index contributed by atoms with van der Waals surface area (Å²) in [5.41, 5.74) is 2.48. The van der Waals surface area contributed by atoms with Gasteiger partial charge in [-0.05, 0) is 48.4 Å². The van der Waals surface area contributed by atoms with Gasteiger partial charge in [-0.1, -0.05) is 38.1 Å². The minimum atomic E-state index is -0.187. The molecule has 0 radical (unpaired) electrons. The van der Waals surface area contributed by atoms with Gasteiger partial charge in [0.05, 0.1) is 13.2 Å². The fraction of sp³-hybridized carbons (Fsp3) is 0.591. The van der Waals surface area contributed by atoms with Crippen LogP contribution in [0.5, 0.6) is 0 Å². The summed E-state index contributed by atoms with van der Waals surface area (Å²) in [5.74, 6) is 1.56. The molecule has 0 unspecified atom stereocenters. The number of aromatic nitrogens is 2. The Morgan fingerprint density at radius 2 is 2.07 bits per heavy atom. The summed E-state index contributed by atoms with van der Waals surface area (Å²) in [6.07, 6.45) is 4.86. The van der Waals surface area contributed by atoms with E-state index in [1.165, 1.54) is 11.1 Å². The van der Waals surface area contributed by atoms with Gasteiger partial charge in [0.2, 0.25) is 0 Å². The van der Waals surface area contributed by atoms with Gasteiger partial charge in [-0.2, -0.15) is 5.10 Å². The molecule has 27 heavy (non-hydrogen) atoms. The number of aliphatic hydroxyl groups is 1. The van der Waals surface area contributed by atoms with Crippen molar-refractivity contribution < 1.29 is 5.11 Å². The summed E-state index contributed by atoms with van der Waals surface area (Å²) in [6.45, 7) is 7.64. The Morgan fingerprint density at radius 3 is 2.78 bits per heavy atom. The summed E-state index contributed by atoms with van der Waals surface area (Å²) in [6, 6.07) is 11.0. The zero-order valence-electron chi connectivity index (χ0n) is 16.7. The van der Waals surface area contributed by atoms with E-state index in [-0.39, 0.29) is 18.2 Å². The van der Waals surface area contributed by atoms with Crippen molar-refractivity contribution in [1.29, 1.82) is 0 Å². The molecule has 2 aromatic rings. The van der Waals surface area contributed by atoms with Gasteiger partial charge in [0.1, 0.15) is 0 Å². The first-order valence-electron chi connectivity index (χ1n) is 10.1. The van der Waals surface area contributed by atoms with E-state index in [2.05, 4.69) is 60.5 Å². The highest BCUT2D eigenvalue weighted by Crippen LogP contribution is 2.49. The summed E-state index contributed by atoms with van der Waals surface area (Å²) < 4.78 is 1.99. The molecule has 2 fully saturated rings. The molecule has 4 atom stereocenters. The quantitative estimate of drug-likeness (QED) is 0.823. The van der Waals surface area contributed by atoms with Crippen molar-refractivity contribution >= 4 is 0 Å². The molecule has 5 nitrogen and oxygen atoms in total. The molecule has 2 aliphatic rings. The van der Waals surface area contributed by atoms with Crippen molar-refractivity contribution in [3.63, 3.8) is 0 Å². The fourth-order valence-corrected chi connectivity index (χ4v) is 5.50. The highest BCUT2D eigenvalue weighted by Gasteiger charge is 2.56. The standard InChI is InChI=1S/C22H32N4O/c1-16(2)11-22(15-27)20-14-25(3)13-19(20)21(24-22)18-8-5-4-7-17(18)12-26-10-6-9-23-26/h4-10,16,19-21,24,27H,11-15H2,1-3H3/t19-,20+,21-,22+/m1/s1. The molecule has 5 heteroatoms. The number of likely N-dealkylation sites (tertiary alicyclic amines) is 1. The van der Waals surface area contributed by atoms with Gasteiger partial charge in [-0.25, -0.2) is 0 Å². The third-order valence-corrected chi connectivity index (χ3v) is 6.46. The number of benzene rings is 1. The molecule has 2 N–H and O–H groups in total. The minimum Gasteiger partial charge on any atom is -0.394 e. The van der Waals surface area contributed by atoms with E-state index in [0.29, 0.717) is 17.8 Å². The fourth-order valence-electron chi connectivity index (χ4n) is 5.50. The van der Waals surface area contributed by atoms with E-state index < -0.39 is 0 Å². The Balaban J connectivity index is 1.69. The van der Waals surface area contributed by atoms with Crippen molar-refractivity contribution in [3.05, 3.63) is 53.9 Å². The van der Waals surface area contributed by atoms with E-state index in [0.717, 1.165) is 26.1 Å². The second-order valence-electron chi connectivity index (χ2n) is 8.93. The van der Waals surface area contributed by atoms with Gasteiger partial charge in [0, 0.05) is 37.1 Å². The van der Waals surface area contributed by atoms with Crippen LogP contribution in [0.15, 0.2) is 42.7 Å². The lowest BCUT2D eigenvalue weighted by molar-refractivity contribution is 0.109. The largest absolute Gasteiger partial charge is 0.394 e. The van der Waals surface area contributed by atoms with Crippen LogP contribution >= 0.6 is 0 Å². The summed E-state index contributed by atoms with van der Waals surface area (Å²) in [4.78, 5) is 2.43. The Bertz CT molecular complexity index is 759. The highest BCUT2D eigenvalue weighted by molar-refractivity contribution is 5.34. The number of hydrogen-bond donors (Lipinski definition) is 2. The molecule has 0 saturated carbocycles. The molecule has 146 valence electrons. The van der Waals surface area contributed by atoms with Crippen molar-refractivity contribution in [3.8, 4) is 0 Å². The third-order valence-electron chi connectivity index (χ3n) is 6.46. The van der Waals surface area contributed by atoms with Gasteiger partial charge in [-0.15, -0.1) is 0 Å². The topological polar surface area (TPSA) is 53.3 Å². The van der Waals surface area contributed by atoms with E-state index >= 15 is 0 Å². The number of rotatable bonds is 6. The first-order chi connectivity index (χ1) is 13.0. The molecule has 1 aromatic heterocycles. The third kappa shape index (κ3) is 3.44. The Labute approximate surface area is 162 Å². The predicted octanol–water partition coefficient (Wildman–Crippen LogP) is 2.53. The van der Waals surface area contributed by atoms with E-state index in [4.69, 9.17) is 0 Å². The van der Waals surface area contributed by atoms with Gasteiger partial charge >= 0.3 is 0 Å². The average molecular weight is 369 g/mol. The maximum absolute atomic E-state index is 10.4. The van der Waals surface area contributed by atoms with Crippen LogP contribution < -0.4 is 5.32 Å². The molecular formula is C22H32N4O. The number of hydrogen-bond acceptors (Lipinski definition) is 4. The van der Waals surface area contributed by atoms with Crippen LogP contribution in [0.2, 0.25) is 0 Å². The number of nitrogens with zero attached hydrogens (tertiary/aromatic N) is 3. The Morgan fingerprint density at radius 1 is 1.26 bits per heavy atom. The maximum Gasteiger partial charge on any atom is 0.0662 e. The summed E-state index contributed by atoms with van der Waals surface area (Å²) in [7, 11) is 2.21. The lowest BCUT2D eigenvalue weighted by Gasteiger charge is -2.36. The van der Waals surface area contributed by atoms with Crippen LogP contribution in [-0.4, -0.2) is 52.1 Å². The summed E-state index contributed by atoms with van der Waals surface area (Å²) >= 11 is 0. The van der Waals surface area contributed by atoms with E-state index in [9.17, 15) is 5.11 Å². The van der Waals surface area contributed by atoms with Crippen LogP contribution in [0.3, 0.4) is 0 Å². The molecule has 0 spiro atoms. The van der Waals surface area contributed by atoms with Crippen LogP contribution in [0.25, 0.3) is 0 Å². The number of aliphatic hydroxyl groups excluding tert-OH is 1. The maximum atomic E-state index is 10.4. The van der Waals surface area contributed by atoms with E-state index in [1.807, 2.05) is 23.1 Å². The molecule has 2 saturated heterocycles. The van der Waals surface area contributed by atoms with Crippen LogP contribution in [0.1, 0.15) is 37.4 Å². The molecule has 1 aromatic carbocycles. The zero-order valence-corrected chi connectivity index (χ0v) is 16.7. The van der Waals surface area contributed by atoms with Crippen molar-refractivity contribution in [2.45, 2.75) is 38.4 Å². The molecule has 3 heterocycles. The first kappa shape index (κ1) is 18.7. The van der Waals surface area contributed by atoms with Crippen LogP contribution in [0, 0.1) is 17.8 Å². The Hall–Kier alpha value is -1.69. The summed E-state index contributed by atoms with van der Waals surface area (Å²) in [5, 5.41) is 18.8. The Kier molecular flexibility index (Phi) is 5.10. The van der Waals surface area contributed by atoms with Gasteiger partial charge in [0.15, 0.2) is 0 Å². The SMILES string of the molecule is CC(C)C[C@@]1(CO)N[C@H](c2ccccc2Cn2cccn2)[C@@H]2CN(C)C[C@@H]21. The molecule has 4 rings (SSSR count). The lowest BCUT2D eigenvalue weighted by atomic mass is 9.76. The number of nitrogens with one attached hydrogen (secondary N) is 1. The van der Waals surface area contributed by atoms with Gasteiger partial charge in [0.25, 0.3) is 0 Å².